The number of carbonyl (C=O) groups is 1. The topological polar surface area (TPSA) is 64.0 Å². The average Bonchev–Trinajstić information content (AvgIpc) is 2.46. The van der Waals surface area contributed by atoms with E-state index in [1.165, 1.54) is 13.0 Å². The third-order valence-corrected chi connectivity index (χ3v) is 3.97. The number of carbonyl (C=O) groups excluding carboxylic acids is 1. The lowest BCUT2D eigenvalue weighted by Gasteiger charge is -2.21. The van der Waals surface area contributed by atoms with E-state index >= 15 is 0 Å². The van der Waals surface area contributed by atoms with Crippen molar-refractivity contribution >= 4 is 16.9 Å². The lowest BCUT2D eigenvalue weighted by atomic mass is 10.1. The molecule has 136 valence electrons. The molecule has 1 atom stereocenters. The van der Waals surface area contributed by atoms with Crippen molar-refractivity contribution in [1.29, 1.82) is 0 Å². The van der Waals surface area contributed by atoms with Crippen LogP contribution in [0.1, 0.15) is 43.6 Å². The van der Waals surface area contributed by atoms with Crippen LogP contribution >= 0.6 is 0 Å². The number of amides is 1. The van der Waals surface area contributed by atoms with E-state index in [0.717, 1.165) is 15.7 Å². The quantitative estimate of drug-likeness (QED) is 0.920. The van der Waals surface area contributed by atoms with E-state index in [1.807, 2.05) is 0 Å². The first-order chi connectivity index (χ1) is 11.4. The third kappa shape index (κ3) is 3.67. The summed E-state index contributed by atoms with van der Waals surface area (Å²) in [6.07, 6.45) is -4.90. The molecule has 0 bridgehead atoms. The molecule has 1 N–H and O–H groups in total. The number of alkyl halides is 3. The van der Waals surface area contributed by atoms with Gasteiger partial charge in [-0.25, -0.2) is 4.98 Å². The molecule has 0 aliphatic carbocycles. The molecule has 0 aliphatic rings. The van der Waals surface area contributed by atoms with E-state index in [0.29, 0.717) is 0 Å². The summed E-state index contributed by atoms with van der Waals surface area (Å²) in [5.41, 5.74) is -1.08. The van der Waals surface area contributed by atoms with Crippen LogP contribution in [-0.4, -0.2) is 21.5 Å². The summed E-state index contributed by atoms with van der Waals surface area (Å²) >= 11 is 0. The molecule has 1 aromatic heterocycles. The average molecular weight is 355 g/mol. The summed E-state index contributed by atoms with van der Waals surface area (Å²) in [6, 6.07) is 1.76. The van der Waals surface area contributed by atoms with Gasteiger partial charge in [-0.15, -0.1) is 0 Å². The van der Waals surface area contributed by atoms with Gasteiger partial charge < -0.3 is 5.32 Å². The zero-order valence-corrected chi connectivity index (χ0v) is 14.7. The number of nitrogens with zero attached hydrogens (tertiary/aromatic N) is 2. The first-order valence-electron chi connectivity index (χ1n) is 7.84. The summed E-state index contributed by atoms with van der Waals surface area (Å²) in [5.74, 6) is -0.532. The van der Waals surface area contributed by atoms with Gasteiger partial charge in [0.25, 0.3) is 5.56 Å². The van der Waals surface area contributed by atoms with Crippen LogP contribution in [0, 0.1) is 13.8 Å². The van der Waals surface area contributed by atoms with Crippen LogP contribution in [0.2, 0.25) is 0 Å². The van der Waals surface area contributed by atoms with Gasteiger partial charge in [0.2, 0.25) is 11.6 Å². The fourth-order valence-corrected chi connectivity index (χ4v) is 2.55. The maximum atomic E-state index is 13.2. The Balaban J connectivity index is 2.83. The van der Waals surface area contributed by atoms with E-state index in [4.69, 9.17) is 0 Å². The van der Waals surface area contributed by atoms with E-state index in [-0.39, 0.29) is 17.1 Å². The molecule has 5 nitrogen and oxygen atoms in total. The highest BCUT2D eigenvalue weighted by Crippen LogP contribution is 2.28. The van der Waals surface area contributed by atoms with Gasteiger partial charge in [0, 0.05) is 6.04 Å². The van der Waals surface area contributed by atoms with Crippen molar-refractivity contribution in [2.45, 2.75) is 52.9 Å². The zero-order chi connectivity index (χ0) is 19.1. The molecule has 0 unspecified atom stereocenters. The molecule has 2 rings (SSSR count). The van der Waals surface area contributed by atoms with Gasteiger partial charge >= 0.3 is 6.18 Å². The SMILES string of the molecule is Cc1cc2nc(C(F)(F)F)c(=O)n([C@H](C)C(=O)NC(C)C)c2cc1C. The van der Waals surface area contributed by atoms with Crippen molar-refractivity contribution in [3.8, 4) is 0 Å². The van der Waals surface area contributed by atoms with Crippen LogP contribution in [0.15, 0.2) is 16.9 Å². The Morgan fingerprint density at radius 2 is 1.72 bits per heavy atom. The first kappa shape index (κ1) is 19.0. The lowest BCUT2D eigenvalue weighted by molar-refractivity contribution is -0.142. The van der Waals surface area contributed by atoms with E-state index < -0.39 is 29.4 Å². The standard InChI is InChI=1S/C17H20F3N3O2/c1-8(2)21-15(24)11(5)23-13-7-10(4)9(3)6-12(13)22-14(16(23)25)17(18,19)20/h6-8,11H,1-5H3,(H,21,24)/t11-/m1/s1. The highest BCUT2D eigenvalue weighted by Gasteiger charge is 2.38. The monoisotopic (exact) mass is 355 g/mol. The number of aryl methyl sites for hydroxylation is 2. The Bertz CT molecular complexity index is 885. The Kier molecular flexibility index (Phi) is 4.92. The Hall–Kier alpha value is -2.38. The van der Waals surface area contributed by atoms with E-state index in [9.17, 15) is 22.8 Å². The third-order valence-electron chi connectivity index (χ3n) is 3.97. The number of fused-ring (bicyclic) bond motifs is 1. The minimum Gasteiger partial charge on any atom is -0.352 e. The number of hydrogen-bond acceptors (Lipinski definition) is 3. The second-order valence-electron chi connectivity index (χ2n) is 6.40. The molecule has 0 fully saturated rings. The molecule has 0 saturated carbocycles. The number of benzene rings is 1. The normalized spacial score (nSPS) is 13.3. The minimum absolute atomic E-state index is 0.0271. The number of aromatic nitrogens is 2. The van der Waals surface area contributed by atoms with Crippen LogP contribution in [0.5, 0.6) is 0 Å². The van der Waals surface area contributed by atoms with Gasteiger partial charge in [0.15, 0.2) is 0 Å². The molecule has 2 aromatic rings. The molecule has 0 aliphatic heterocycles. The molecule has 0 saturated heterocycles. The summed E-state index contributed by atoms with van der Waals surface area (Å²) < 4.78 is 40.6. The molecular weight excluding hydrogens is 335 g/mol. The van der Waals surface area contributed by atoms with Crippen LogP contribution < -0.4 is 10.9 Å². The zero-order valence-electron chi connectivity index (χ0n) is 14.7. The number of hydrogen-bond donors (Lipinski definition) is 1. The van der Waals surface area contributed by atoms with Crippen molar-refractivity contribution in [2.24, 2.45) is 0 Å². The summed E-state index contributed by atoms with van der Waals surface area (Å²) in [7, 11) is 0. The van der Waals surface area contributed by atoms with Crippen LogP contribution in [0.25, 0.3) is 11.0 Å². The maximum Gasteiger partial charge on any atom is 0.438 e. The molecule has 1 aromatic carbocycles. The lowest BCUT2D eigenvalue weighted by Crippen LogP contribution is -2.41. The minimum atomic E-state index is -4.90. The Morgan fingerprint density at radius 3 is 2.24 bits per heavy atom. The second-order valence-corrected chi connectivity index (χ2v) is 6.40. The van der Waals surface area contributed by atoms with Crippen molar-refractivity contribution in [3.05, 3.63) is 39.3 Å². The molecular formula is C17H20F3N3O2. The molecule has 25 heavy (non-hydrogen) atoms. The summed E-state index contributed by atoms with van der Waals surface area (Å²) in [4.78, 5) is 28.3. The molecule has 1 amide bonds. The largest absolute Gasteiger partial charge is 0.438 e. The fraction of sp³-hybridized carbons (Fsp3) is 0.471. The first-order valence-corrected chi connectivity index (χ1v) is 7.84. The van der Waals surface area contributed by atoms with Gasteiger partial charge in [0.05, 0.1) is 11.0 Å². The van der Waals surface area contributed by atoms with E-state index in [1.54, 1.807) is 33.8 Å². The molecule has 8 heteroatoms. The van der Waals surface area contributed by atoms with Crippen LogP contribution in [0.4, 0.5) is 13.2 Å². The number of rotatable bonds is 3. The van der Waals surface area contributed by atoms with Gasteiger partial charge in [-0.05, 0) is 57.9 Å². The summed E-state index contributed by atoms with van der Waals surface area (Å²) in [5, 5.41) is 2.62. The van der Waals surface area contributed by atoms with Gasteiger partial charge in [-0.1, -0.05) is 0 Å². The van der Waals surface area contributed by atoms with E-state index in [2.05, 4.69) is 10.3 Å². The number of nitrogens with one attached hydrogen (secondary N) is 1. The van der Waals surface area contributed by atoms with Gasteiger partial charge in [-0.2, -0.15) is 13.2 Å². The smallest absolute Gasteiger partial charge is 0.352 e. The van der Waals surface area contributed by atoms with Crippen molar-refractivity contribution in [1.82, 2.24) is 14.9 Å². The van der Waals surface area contributed by atoms with Crippen molar-refractivity contribution in [2.75, 3.05) is 0 Å². The second kappa shape index (κ2) is 6.50. The maximum absolute atomic E-state index is 13.2. The Labute approximate surface area is 142 Å². The number of halogens is 3. The van der Waals surface area contributed by atoms with Crippen molar-refractivity contribution < 1.29 is 18.0 Å². The molecule has 0 spiro atoms. The fourth-order valence-electron chi connectivity index (χ4n) is 2.55. The van der Waals surface area contributed by atoms with Gasteiger partial charge in [0.1, 0.15) is 6.04 Å². The predicted molar refractivity (Wildman–Crippen MR) is 88.5 cm³/mol. The Morgan fingerprint density at radius 1 is 1.16 bits per heavy atom. The predicted octanol–water partition coefficient (Wildman–Crippen LogP) is 3.12. The molecule has 0 radical (unpaired) electrons. The van der Waals surface area contributed by atoms with Crippen LogP contribution in [-0.2, 0) is 11.0 Å². The summed E-state index contributed by atoms with van der Waals surface area (Å²) in [6.45, 7) is 8.38. The molecule has 1 heterocycles. The highest BCUT2D eigenvalue weighted by molar-refractivity contribution is 5.84. The van der Waals surface area contributed by atoms with Crippen molar-refractivity contribution in [3.63, 3.8) is 0 Å². The van der Waals surface area contributed by atoms with Gasteiger partial charge in [-0.3, -0.25) is 14.2 Å². The highest BCUT2D eigenvalue weighted by atomic mass is 19.4. The van der Waals surface area contributed by atoms with Crippen LogP contribution in [0.3, 0.4) is 0 Å².